The molecule has 0 saturated carbocycles. The van der Waals surface area contributed by atoms with Gasteiger partial charge in [-0.25, -0.2) is 8.42 Å². The molecule has 1 saturated heterocycles. The first kappa shape index (κ1) is 20.6. The quantitative estimate of drug-likeness (QED) is 0.542. The molecule has 1 heterocycles. The van der Waals surface area contributed by atoms with Gasteiger partial charge in [0, 0.05) is 18.1 Å². The molecule has 2 aromatic rings. The zero-order chi connectivity index (χ0) is 20.3. The second kappa shape index (κ2) is 8.51. The van der Waals surface area contributed by atoms with E-state index < -0.39 is 10.0 Å². The zero-order valence-electron chi connectivity index (χ0n) is 15.7. The molecule has 150 valence electrons. The van der Waals surface area contributed by atoms with Gasteiger partial charge < -0.3 is 9.47 Å². The van der Waals surface area contributed by atoms with Gasteiger partial charge in [-0.15, -0.1) is 0 Å². The molecule has 3 rings (SSSR count). The Morgan fingerprint density at radius 1 is 1.07 bits per heavy atom. The number of piperidine rings is 1. The van der Waals surface area contributed by atoms with Crippen molar-refractivity contribution in [1.29, 1.82) is 0 Å². The highest BCUT2D eigenvalue weighted by atomic mass is 35.5. The summed E-state index contributed by atoms with van der Waals surface area (Å²) < 4.78 is 37.6. The van der Waals surface area contributed by atoms with Crippen molar-refractivity contribution in [1.82, 2.24) is 4.31 Å². The molecule has 0 radical (unpaired) electrons. The Balaban J connectivity index is 1.63. The van der Waals surface area contributed by atoms with Crippen LogP contribution in [0.5, 0.6) is 11.5 Å². The maximum Gasteiger partial charge on any atom is 0.314 e. The Morgan fingerprint density at radius 3 is 2.32 bits per heavy atom. The van der Waals surface area contributed by atoms with E-state index in [1.807, 2.05) is 13.0 Å². The van der Waals surface area contributed by atoms with Crippen molar-refractivity contribution in [3.8, 4) is 11.5 Å². The van der Waals surface area contributed by atoms with E-state index in [2.05, 4.69) is 0 Å². The second-order valence-corrected chi connectivity index (χ2v) is 9.08. The van der Waals surface area contributed by atoms with E-state index in [0.29, 0.717) is 29.4 Å². The molecule has 0 atom stereocenters. The molecule has 0 aliphatic carbocycles. The number of aryl methyl sites for hydroxylation is 1. The average molecular weight is 424 g/mol. The maximum absolute atomic E-state index is 12.7. The maximum atomic E-state index is 12.7. The predicted octanol–water partition coefficient (Wildman–Crippen LogP) is 3.66. The first-order valence-corrected chi connectivity index (χ1v) is 10.7. The SMILES string of the molecule is COc1cc(C)ccc1OC(=O)C1CCN(S(=O)(=O)c2ccc(Cl)cc2)CC1. The van der Waals surface area contributed by atoms with Gasteiger partial charge in [-0.1, -0.05) is 17.7 Å². The number of carbonyl (C=O) groups excluding carboxylic acids is 1. The highest BCUT2D eigenvalue weighted by Gasteiger charge is 2.33. The zero-order valence-corrected chi connectivity index (χ0v) is 17.3. The van der Waals surface area contributed by atoms with Crippen LogP contribution in [0.3, 0.4) is 0 Å². The van der Waals surface area contributed by atoms with Crippen LogP contribution in [0.4, 0.5) is 0 Å². The third-order valence-electron chi connectivity index (χ3n) is 4.77. The highest BCUT2D eigenvalue weighted by Crippen LogP contribution is 2.30. The monoisotopic (exact) mass is 423 g/mol. The molecule has 0 unspecified atom stereocenters. The first-order chi connectivity index (χ1) is 13.3. The molecule has 0 N–H and O–H groups in total. The normalized spacial score (nSPS) is 16.0. The second-order valence-electron chi connectivity index (χ2n) is 6.71. The number of nitrogens with zero attached hydrogens (tertiary/aromatic N) is 1. The average Bonchev–Trinajstić information content (AvgIpc) is 2.69. The van der Waals surface area contributed by atoms with Gasteiger partial charge >= 0.3 is 5.97 Å². The molecule has 0 spiro atoms. The largest absolute Gasteiger partial charge is 0.493 e. The van der Waals surface area contributed by atoms with Crippen LogP contribution in [-0.2, 0) is 14.8 Å². The molecule has 8 heteroatoms. The van der Waals surface area contributed by atoms with Crippen molar-refractivity contribution in [3.05, 3.63) is 53.1 Å². The standard InChI is InChI=1S/C20H22ClNO5S/c1-14-3-8-18(19(13-14)26-2)27-20(23)15-9-11-22(12-10-15)28(24,25)17-6-4-16(21)5-7-17/h3-8,13,15H,9-12H2,1-2H3. The molecule has 6 nitrogen and oxygen atoms in total. The fourth-order valence-corrected chi connectivity index (χ4v) is 4.73. The number of rotatable bonds is 5. The number of ether oxygens (including phenoxy) is 2. The van der Waals surface area contributed by atoms with Gasteiger partial charge in [0.05, 0.1) is 17.9 Å². The summed E-state index contributed by atoms with van der Waals surface area (Å²) in [5.74, 6) is 0.138. The Labute approximate surface area is 170 Å². The van der Waals surface area contributed by atoms with E-state index in [1.165, 1.54) is 23.5 Å². The van der Waals surface area contributed by atoms with Gasteiger partial charge in [0.2, 0.25) is 10.0 Å². The summed E-state index contributed by atoms with van der Waals surface area (Å²) in [6.07, 6.45) is 0.805. The summed E-state index contributed by atoms with van der Waals surface area (Å²) in [4.78, 5) is 12.7. The molecule has 1 aliphatic rings. The first-order valence-electron chi connectivity index (χ1n) is 8.93. The van der Waals surface area contributed by atoms with Crippen LogP contribution in [0.2, 0.25) is 5.02 Å². The lowest BCUT2D eigenvalue weighted by Gasteiger charge is -2.30. The minimum atomic E-state index is -3.60. The molecular weight excluding hydrogens is 402 g/mol. The lowest BCUT2D eigenvalue weighted by atomic mass is 9.98. The van der Waals surface area contributed by atoms with Gasteiger partial charge in [-0.3, -0.25) is 4.79 Å². The Bertz CT molecular complexity index is 951. The summed E-state index contributed by atoms with van der Waals surface area (Å²) in [7, 11) is -2.08. The van der Waals surface area contributed by atoms with Crippen molar-refractivity contribution in [2.75, 3.05) is 20.2 Å². The molecule has 1 fully saturated rings. The van der Waals surface area contributed by atoms with Crippen LogP contribution < -0.4 is 9.47 Å². The summed E-state index contributed by atoms with van der Waals surface area (Å²) >= 11 is 5.83. The highest BCUT2D eigenvalue weighted by molar-refractivity contribution is 7.89. The van der Waals surface area contributed by atoms with E-state index in [0.717, 1.165) is 5.56 Å². The number of carbonyl (C=O) groups is 1. The van der Waals surface area contributed by atoms with Crippen molar-refractivity contribution >= 4 is 27.6 Å². The fraction of sp³-hybridized carbons (Fsp3) is 0.350. The van der Waals surface area contributed by atoms with Crippen LogP contribution in [0.1, 0.15) is 18.4 Å². The lowest BCUT2D eigenvalue weighted by Crippen LogP contribution is -2.41. The molecule has 1 aliphatic heterocycles. The van der Waals surface area contributed by atoms with Gasteiger partial charge in [0.1, 0.15) is 0 Å². The van der Waals surface area contributed by atoms with E-state index in [1.54, 1.807) is 24.3 Å². The van der Waals surface area contributed by atoms with E-state index in [4.69, 9.17) is 21.1 Å². The topological polar surface area (TPSA) is 72.9 Å². The number of benzene rings is 2. The van der Waals surface area contributed by atoms with Crippen molar-refractivity contribution in [2.24, 2.45) is 5.92 Å². The molecule has 28 heavy (non-hydrogen) atoms. The van der Waals surface area contributed by atoms with Gasteiger partial charge in [0.25, 0.3) is 0 Å². The van der Waals surface area contributed by atoms with E-state index in [-0.39, 0.29) is 29.9 Å². The number of hydrogen-bond donors (Lipinski definition) is 0. The third kappa shape index (κ3) is 4.48. The molecule has 2 aromatic carbocycles. The van der Waals surface area contributed by atoms with Gasteiger partial charge in [-0.05, 0) is 61.7 Å². The van der Waals surface area contributed by atoms with Crippen LogP contribution in [-0.4, -0.2) is 38.9 Å². The minimum absolute atomic E-state index is 0.197. The number of esters is 1. The van der Waals surface area contributed by atoms with E-state index in [9.17, 15) is 13.2 Å². The number of methoxy groups -OCH3 is 1. The third-order valence-corrected chi connectivity index (χ3v) is 6.93. The summed E-state index contributed by atoms with van der Waals surface area (Å²) in [6, 6.07) is 11.4. The lowest BCUT2D eigenvalue weighted by molar-refractivity contribution is -0.140. The smallest absolute Gasteiger partial charge is 0.314 e. The summed E-state index contributed by atoms with van der Waals surface area (Å²) in [6.45, 7) is 2.44. The summed E-state index contributed by atoms with van der Waals surface area (Å²) in [5, 5.41) is 0.479. The summed E-state index contributed by atoms with van der Waals surface area (Å²) in [5.41, 5.74) is 0.998. The van der Waals surface area contributed by atoms with Gasteiger partial charge in [0.15, 0.2) is 11.5 Å². The number of sulfonamides is 1. The van der Waals surface area contributed by atoms with Crippen LogP contribution in [0.15, 0.2) is 47.4 Å². The van der Waals surface area contributed by atoms with Crippen LogP contribution >= 0.6 is 11.6 Å². The molecule has 0 aromatic heterocycles. The van der Waals surface area contributed by atoms with Crippen molar-refractivity contribution < 1.29 is 22.7 Å². The molecule has 0 amide bonds. The van der Waals surface area contributed by atoms with Crippen LogP contribution in [0, 0.1) is 12.8 Å². The van der Waals surface area contributed by atoms with Crippen LogP contribution in [0.25, 0.3) is 0 Å². The van der Waals surface area contributed by atoms with Crippen molar-refractivity contribution in [2.45, 2.75) is 24.7 Å². The number of halogens is 1. The predicted molar refractivity (Wildman–Crippen MR) is 106 cm³/mol. The number of hydrogen-bond acceptors (Lipinski definition) is 5. The Morgan fingerprint density at radius 2 is 1.71 bits per heavy atom. The molecular formula is C20H22ClNO5S. The fourth-order valence-electron chi connectivity index (χ4n) is 3.14. The minimum Gasteiger partial charge on any atom is -0.493 e. The van der Waals surface area contributed by atoms with Gasteiger partial charge in [-0.2, -0.15) is 4.31 Å². The van der Waals surface area contributed by atoms with E-state index >= 15 is 0 Å². The Kier molecular flexibility index (Phi) is 6.27. The van der Waals surface area contributed by atoms with Crippen molar-refractivity contribution in [3.63, 3.8) is 0 Å². The Hall–Kier alpha value is -2.09. The molecule has 0 bridgehead atoms.